The van der Waals surface area contributed by atoms with E-state index in [2.05, 4.69) is 57.0 Å². The maximum Gasteiger partial charge on any atom is 0.274 e. The smallest absolute Gasteiger partial charge is 0.274 e. The third-order valence-corrected chi connectivity index (χ3v) is 8.07. The molecule has 1 radical (unpaired) electrons. The van der Waals surface area contributed by atoms with Gasteiger partial charge in [0.25, 0.3) is 9.04 Å². The molecular formula is C25H40NO2Si. The van der Waals surface area contributed by atoms with Gasteiger partial charge in [0.15, 0.2) is 0 Å². The molecule has 1 aromatic rings. The molecule has 0 bridgehead atoms. The average Bonchev–Trinajstić information content (AvgIpc) is 3.44. The summed E-state index contributed by atoms with van der Waals surface area (Å²) < 4.78 is 6.64. The molecule has 3 nitrogen and oxygen atoms in total. The van der Waals surface area contributed by atoms with Crippen molar-refractivity contribution in [2.75, 3.05) is 19.6 Å². The summed E-state index contributed by atoms with van der Waals surface area (Å²) in [7, 11) is -0.873. The predicted octanol–water partition coefficient (Wildman–Crippen LogP) is 5.13. The van der Waals surface area contributed by atoms with Crippen molar-refractivity contribution in [1.82, 2.24) is 4.90 Å². The Kier molecular flexibility index (Phi) is 5.91. The fourth-order valence-corrected chi connectivity index (χ4v) is 6.45. The number of piperidine rings is 1. The van der Waals surface area contributed by atoms with Crippen LogP contribution in [0.3, 0.4) is 0 Å². The number of aliphatic hydroxyl groups excluding tert-OH is 1. The zero-order chi connectivity index (χ0) is 20.8. The van der Waals surface area contributed by atoms with Crippen LogP contribution in [-0.4, -0.2) is 44.8 Å². The molecule has 1 aliphatic heterocycles. The number of nitrogens with zero attached hydrogens (tertiary/aromatic N) is 1. The molecule has 29 heavy (non-hydrogen) atoms. The molecule has 2 unspecified atom stereocenters. The molecule has 0 amide bonds. The number of hydrogen-bond donors (Lipinski definition) is 1. The largest absolute Gasteiger partial charge is 0.542 e. The molecule has 3 atom stereocenters. The van der Waals surface area contributed by atoms with Gasteiger partial charge >= 0.3 is 0 Å². The minimum absolute atomic E-state index is 0.0504. The first-order valence-electron chi connectivity index (χ1n) is 11.7. The van der Waals surface area contributed by atoms with Crippen LogP contribution in [0.1, 0.15) is 70.4 Å². The normalized spacial score (nSPS) is 31.0. The Labute approximate surface area is 179 Å². The number of rotatable bonds is 5. The van der Waals surface area contributed by atoms with E-state index in [0.717, 1.165) is 43.9 Å². The molecule has 2 saturated carbocycles. The third-order valence-electron chi connectivity index (χ3n) is 7.46. The van der Waals surface area contributed by atoms with Crippen LogP contribution in [0.4, 0.5) is 0 Å². The predicted molar refractivity (Wildman–Crippen MR) is 122 cm³/mol. The van der Waals surface area contributed by atoms with E-state index < -0.39 is 9.04 Å². The third kappa shape index (κ3) is 4.45. The zero-order valence-electron chi connectivity index (χ0n) is 19.1. The molecule has 161 valence electrons. The van der Waals surface area contributed by atoms with E-state index in [-0.39, 0.29) is 16.9 Å². The SMILES string of the molecule is C[Si](C)Oc1c(C(C)(C)C)cccc1C12CCN(CC3CC3)CC1CC[C@H](O)C2. The van der Waals surface area contributed by atoms with Crippen LogP contribution in [0, 0.1) is 11.8 Å². The highest BCUT2D eigenvalue weighted by atomic mass is 28.3. The van der Waals surface area contributed by atoms with Gasteiger partial charge in [-0.15, -0.1) is 0 Å². The fraction of sp³-hybridized carbons (Fsp3) is 0.760. The molecule has 3 fully saturated rings. The molecule has 1 heterocycles. The van der Waals surface area contributed by atoms with E-state index >= 15 is 0 Å². The standard InChI is InChI=1S/C25H40NO2Si/c1-24(2,3)21-7-6-8-22(23(21)28-29(4)5)25-13-14-26(16-18-9-10-18)17-19(25)11-12-20(27)15-25/h6-8,18-20,27H,9-17H2,1-5H3/t19?,20-,25?/m0/s1. The Morgan fingerprint density at radius 3 is 2.59 bits per heavy atom. The molecule has 1 saturated heterocycles. The highest BCUT2D eigenvalue weighted by Crippen LogP contribution is 2.53. The van der Waals surface area contributed by atoms with Gasteiger partial charge in [0.05, 0.1) is 6.10 Å². The number of hydrogen-bond acceptors (Lipinski definition) is 3. The van der Waals surface area contributed by atoms with Crippen molar-refractivity contribution in [3.8, 4) is 5.75 Å². The van der Waals surface area contributed by atoms with E-state index in [4.69, 9.17) is 4.43 Å². The number of fused-ring (bicyclic) bond motifs is 1. The second-order valence-electron chi connectivity index (χ2n) is 11.2. The summed E-state index contributed by atoms with van der Waals surface area (Å²) in [6, 6.07) is 6.83. The summed E-state index contributed by atoms with van der Waals surface area (Å²) in [6.45, 7) is 15.0. The van der Waals surface area contributed by atoms with E-state index in [0.29, 0.717) is 5.92 Å². The second-order valence-corrected chi connectivity index (χ2v) is 13.2. The average molecular weight is 415 g/mol. The molecule has 1 aromatic carbocycles. The molecule has 3 aliphatic rings. The van der Waals surface area contributed by atoms with Crippen molar-refractivity contribution in [2.45, 2.75) is 89.3 Å². The summed E-state index contributed by atoms with van der Waals surface area (Å²) in [5.41, 5.74) is 2.83. The summed E-state index contributed by atoms with van der Waals surface area (Å²) in [6.07, 6.45) is 6.81. The lowest BCUT2D eigenvalue weighted by Gasteiger charge is -2.53. The van der Waals surface area contributed by atoms with E-state index in [1.54, 1.807) is 0 Å². The quantitative estimate of drug-likeness (QED) is 0.678. The Morgan fingerprint density at radius 2 is 1.93 bits per heavy atom. The topological polar surface area (TPSA) is 32.7 Å². The van der Waals surface area contributed by atoms with E-state index in [1.807, 2.05) is 0 Å². The van der Waals surface area contributed by atoms with Gasteiger partial charge in [0.2, 0.25) is 0 Å². The van der Waals surface area contributed by atoms with Crippen LogP contribution < -0.4 is 4.43 Å². The van der Waals surface area contributed by atoms with Crippen molar-refractivity contribution in [1.29, 1.82) is 0 Å². The Balaban J connectivity index is 1.75. The van der Waals surface area contributed by atoms with Crippen LogP contribution in [-0.2, 0) is 10.8 Å². The maximum absolute atomic E-state index is 10.7. The van der Waals surface area contributed by atoms with Crippen molar-refractivity contribution < 1.29 is 9.53 Å². The molecule has 0 spiro atoms. The van der Waals surface area contributed by atoms with E-state index in [1.165, 1.54) is 37.1 Å². The number of aliphatic hydroxyl groups is 1. The summed E-state index contributed by atoms with van der Waals surface area (Å²) in [5, 5.41) is 10.7. The highest BCUT2D eigenvalue weighted by molar-refractivity contribution is 6.49. The Morgan fingerprint density at radius 1 is 1.17 bits per heavy atom. The fourth-order valence-electron chi connectivity index (χ4n) is 5.82. The second kappa shape index (κ2) is 8.01. The van der Waals surface area contributed by atoms with Crippen molar-refractivity contribution >= 4 is 9.04 Å². The van der Waals surface area contributed by atoms with Crippen LogP contribution >= 0.6 is 0 Å². The molecule has 4 heteroatoms. The minimum atomic E-state index is -0.873. The van der Waals surface area contributed by atoms with Gasteiger partial charge in [-0.1, -0.05) is 39.0 Å². The number of likely N-dealkylation sites (tertiary alicyclic amines) is 1. The van der Waals surface area contributed by atoms with Gasteiger partial charge in [0, 0.05) is 18.5 Å². The van der Waals surface area contributed by atoms with Crippen LogP contribution in [0.15, 0.2) is 18.2 Å². The molecule has 4 rings (SSSR count). The van der Waals surface area contributed by atoms with Gasteiger partial charge in [-0.25, -0.2) is 0 Å². The summed E-state index contributed by atoms with van der Waals surface area (Å²) in [4.78, 5) is 2.72. The van der Waals surface area contributed by atoms with Gasteiger partial charge in [-0.2, -0.15) is 0 Å². The molecular weight excluding hydrogens is 374 g/mol. The van der Waals surface area contributed by atoms with Crippen molar-refractivity contribution in [3.05, 3.63) is 29.3 Å². The number of para-hydroxylation sites is 1. The maximum atomic E-state index is 10.7. The Bertz CT molecular complexity index is 724. The number of benzene rings is 1. The monoisotopic (exact) mass is 414 g/mol. The van der Waals surface area contributed by atoms with E-state index in [9.17, 15) is 5.11 Å². The molecule has 2 aliphatic carbocycles. The van der Waals surface area contributed by atoms with Crippen LogP contribution in [0.2, 0.25) is 13.1 Å². The van der Waals surface area contributed by atoms with Crippen LogP contribution in [0.25, 0.3) is 0 Å². The van der Waals surface area contributed by atoms with Gasteiger partial charge < -0.3 is 14.4 Å². The first kappa shape index (κ1) is 21.4. The lowest BCUT2D eigenvalue weighted by atomic mass is 9.58. The van der Waals surface area contributed by atoms with Gasteiger partial charge in [0.1, 0.15) is 5.75 Å². The first-order chi connectivity index (χ1) is 13.7. The summed E-state index contributed by atoms with van der Waals surface area (Å²) >= 11 is 0. The molecule has 1 N–H and O–H groups in total. The van der Waals surface area contributed by atoms with Crippen LogP contribution in [0.5, 0.6) is 5.75 Å². The van der Waals surface area contributed by atoms with Gasteiger partial charge in [-0.05, 0) is 86.5 Å². The summed E-state index contributed by atoms with van der Waals surface area (Å²) in [5.74, 6) is 2.72. The first-order valence-corrected chi connectivity index (χ1v) is 14.1. The lowest BCUT2D eigenvalue weighted by Crippen LogP contribution is -2.54. The van der Waals surface area contributed by atoms with Crippen molar-refractivity contribution in [3.63, 3.8) is 0 Å². The Hall–Kier alpha value is -0.843. The van der Waals surface area contributed by atoms with Gasteiger partial charge in [-0.3, -0.25) is 0 Å². The minimum Gasteiger partial charge on any atom is -0.542 e. The lowest BCUT2D eigenvalue weighted by molar-refractivity contribution is -0.00535. The molecule has 0 aromatic heterocycles. The zero-order valence-corrected chi connectivity index (χ0v) is 20.1. The van der Waals surface area contributed by atoms with Crippen molar-refractivity contribution in [2.24, 2.45) is 11.8 Å². The highest BCUT2D eigenvalue weighted by Gasteiger charge is 2.50.